The van der Waals surface area contributed by atoms with Gasteiger partial charge in [-0.15, -0.1) is 24.0 Å². The number of guanidine groups is 1. The van der Waals surface area contributed by atoms with Crippen LogP contribution in [0.4, 0.5) is 0 Å². The summed E-state index contributed by atoms with van der Waals surface area (Å²) >= 11 is 0. The molecule has 1 aromatic carbocycles. The molecule has 146 valence electrons. The number of hydrogen-bond donors (Lipinski definition) is 2. The third-order valence-corrected chi connectivity index (χ3v) is 4.62. The number of nitrogens with zero attached hydrogens (tertiary/aromatic N) is 2. The van der Waals surface area contributed by atoms with Crippen LogP contribution in [0.1, 0.15) is 43.4 Å². The zero-order valence-corrected chi connectivity index (χ0v) is 18.0. The second-order valence-corrected chi connectivity index (χ2v) is 6.72. The van der Waals surface area contributed by atoms with E-state index in [9.17, 15) is 0 Å². The Morgan fingerprint density at radius 2 is 1.89 bits per heavy atom. The summed E-state index contributed by atoms with van der Waals surface area (Å²) in [7, 11) is 0. The number of aromatic nitrogens is 1. The van der Waals surface area contributed by atoms with E-state index in [4.69, 9.17) is 10.5 Å². The second-order valence-electron chi connectivity index (χ2n) is 6.72. The molecule has 1 aromatic heterocycles. The Hall–Kier alpha value is -1.83. The number of aliphatic imine (C=N–C) groups is 1. The lowest BCUT2D eigenvalue weighted by Crippen LogP contribution is -2.33. The number of benzene rings is 1. The fourth-order valence-corrected chi connectivity index (χ4v) is 3.15. The number of pyridine rings is 1. The molecule has 0 unspecified atom stereocenters. The van der Waals surface area contributed by atoms with E-state index in [1.54, 1.807) is 6.20 Å². The van der Waals surface area contributed by atoms with Crippen LogP contribution in [0.5, 0.6) is 5.75 Å². The maximum atomic E-state index is 6.05. The van der Waals surface area contributed by atoms with Crippen LogP contribution in [0.2, 0.25) is 0 Å². The summed E-state index contributed by atoms with van der Waals surface area (Å²) in [4.78, 5) is 8.68. The normalized spacial score (nSPS) is 15.0. The first-order valence-corrected chi connectivity index (χ1v) is 9.49. The number of nitrogens with one attached hydrogen (secondary N) is 1. The largest absolute Gasteiger partial charge is 0.490 e. The zero-order chi connectivity index (χ0) is 18.0. The Kier molecular flexibility index (Phi) is 9.38. The molecule has 0 aliphatic heterocycles. The lowest BCUT2D eigenvalue weighted by atomic mass is 9.98. The molecule has 0 bridgehead atoms. The number of halogens is 1. The van der Waals surface area contributed by atoms with Crippen molar-refractivity contribution >= 4 is 29.9 Å². The maximum Gasteiger partial charge on any atom is 0.188 e. The summed E-state index contributed by atoms with van der Waals surface area (Å²) in [6, 6.07) is 14.1. The van der Waals surface area contributed by atoms with Gasteiger partial charge in [0.25, 0.3) is 0 Å². The topological polar surface area (TPSA) is 72.5 Å². The highest BCUT2D eigenvalue weighted by Crippen LogP contribution is 2.23. The number of hydrogen-bond acceptors (Lipinski definition) is 3. The summed E-state index contributed by atoms with van der Waals surface area (Å²) in [5.74, 6) is 1.41. The van der Waals surface area contributed by atoms with Crippen molar-refractivity contribution in [2.24, 2.45) is 10.7 Å². The van der Waals surface area contributed by atoms with Gasteiger partial charge < -0.3 is 15.8 Å². The van der Waals surface area contributed by atoms with E-state index in [0.717, 1.165) is 30.0 Å². The highest BCUT2D eigenvalue weighted by Gasteiger charge is 2.14. The maximum absolute atomic E-state index is 6.05. The van der Waals surface area contributed by atoms with Crippen LogP contribution in [0.25, 0.3) is 0 Å². The van der Waals surface area contributed by atoms with E-state index >= 15 is 0 Å². The van der Waals surface area contributed by atoms with Gasteiger partial charge in [-0.1, -0.05) is 24.6 Å². The minimum Gasteiger partial charge on any atom is -0.490 e. The van der Waals surface area contributed by atoms with Crippen molar-refractivity contribution in [3.63, 3.8) is 0 Å². The molecule has 1 aliphatic carbocycles. The van der Waals surface area contributed by atoms with Crippen LogP contribution < -0.4 is 15.8 Å². The summed E-state index contributed by atoms with van der Waals surface area (Å²) in [5.41, 5.74) is 8.10. The van der Waals surface area contributed by atoms with Gasteiger partial charge in [-0.05, 0) is 55.5 Å². The van der Waals surface area contributed by atoms with Crippen molar-refractivity contribution in [3.8, 4) is 5.75 Å². The molecule has 0 saturated heterocycles. The third-order valence-electron chi connectivity index (χ3n) is 4.62. The van der Waals surface area contributed by atoms with E-state index < -0.39 is 0 Å². The Balaban J connectivity index is 0.00000261. The molecule has 3 rings (SSSR count). The molecule has 1 aliphatic rings. The van der Waals surface area contributed by atoms with Gasteiger partial charge in [-0.25, -0.2) is 4.99 Å². The van der Waals surface area contributed by atoms with E-state index in [0.29, 0.717) is 18.6 Å². The van der Waals surface area contributed by atoms with Crippen molar-refractivity contribution in [2.45, 2.75) is 51.2 Å². The van der Waals surface area contributed by atoms with Gasteiger partial charge in [0.15, 0.2) is 5.96 Å². The van der Waals surface area contributed by atoms with Crippen molar-refractivity contribution < 1.29 is 4.74 Å². The SMILES string of the molecule is I.NC(=NCc1ccc(OC2CCCCC2)cc1)NCCc1ccccn1. The average Bonchev–Trinajstić information content (AvgIpc) is 2.69. The molecular formula is C21H29IN4O. The Bertz CT molecular complexity index is 685. The summed E-state index contributed by atoms with van der Waals surface area (Å²) < 4.78 is 6.05. The number of nitrogens with two attached hydrogens (primary N) is 1. The number of ether oxygens (including phenoxy) is 1. The van der Waals surface area contributed by atoms with Crippen LogP contribution in [-0.2, 0) is 13.0 Å². The van der Waals surface area contributed by atoms with Crippen LogP contribution in [-0.4, -0.2) is 23.6 Å². The summed E-state index contributed by atoms with van der Waals surface area (Å²) in [5, 5.41) is 3.13. The van der Waals surface area contributed by atoms with E-state index in [-0.39, 0.29) is 24.0 Å². The third kappa shape index (κ3) is 7.74. The minimum atomic E-state index is 0. The minimum absolute atomic E-state index is 0. The molecule has 6 heteroatoms. The van der Waals surface area contributed by atoms with E-state index in [2.05, 4.69) is 27.4 Å². The fourth-order valence-electron chi connectivity index (χ4n) is 3.15. The molecule has 1 heterocycles. The average molecular weight is 480 g/mol. The lowest BCUT2D eigenvalue weighted by Gasteiger charge is -2.23. The first-order valence-electron chi connectivity index (χ1n) is 9.49. The van der Waals surface area contributed by atoms with Crippen molar-refractivity contribution in [3.05, 3.63) is 59.9 Å². The van der Waals surface area contributed by atoms with Crippen LogP contribution >= 0.6 is 24.0 Å². The standard InChI is InChI=1S/C21H28N4O.HI/c22-21(24-15-13-18-6-4-5-14-23-18)25-16-17-9-11-20(12-10-17)26-19-7-2-1-3-8-19;/h4-6,9-12,14,19H,1-3,7-8,13,15-16H2,(H3,22,24,25);1H. The molecule has 2 aromatic rings. The quantitative estimate of drug-likeness (QED) is 0.356. The zero-order valence-electron chi connectivity index (χ0n) is 15.6. The highest BCUT2D eigenvalue weighted by molar-refractivity contribution is 14.0. The molecule has 0 radical (unpaired) electrons. The lowest BCUT2D eigenvalue weighted by molar-refractivity contribution is 0.155. The Morgan fingerprint density at radius 3 is 2.59 bits per heavy atom. The molecule has 1 fully saturated rings. The van der Waals surface area contributed by atoms with E-state index in [1.165, 1.54) is 32.1 Å². The highest BCUT2D eigenvalue weighted by atomic mass is 127. The van der Waals surface area contributed by atoms with Gasteiger partial charge in [0.05, 0.1) is 12.6 Å². The van der Waals surface area contributed by atoms with E-state index in [1.807, 2.05) is 30.3 Å². The van der Waals surface area contributed by atoms with Crippen molar-refractivity contribution in [1.29, 1.82) is 0 Å². The fraction of sp³-hybridized carbons (Fsp3) is 0.429. The molecular weight excluding hydrogens is 451 g/mol. The molecule has 3 N–H and O–H groups in total. The van der Waals surface area contributed by atoms with Crippen LogP contribution in [0, 0.1) is 0 Å². The molecule has 0 spiro atoms. The Labute approximate surface area is 178 Å². The van der Waals surface area contributed by atoms with Gasteiger partial charge in [-0.3, -0.25) is 4.98 Å². The second kappa shape index (κ2) is 11.8. The molecule has 27 heavy (non-hydrogen) atoms. The van der Waals surface area contributed by atoms with Gasteiger partial charge in [0.1, 0.15) is 5.75 Å². The van der Waals surface area contributed by atoms with Gasteiger partial charge >= 0.3 is 0 Å². The van der Waals surface area contributed by atoms with Crippen molar-refractivity contribution in [1.82, 2.24) is 10.3 Å². The van der Waals surface area contributed by atoms with Gasteiger partial charge in [0, 0.05) is 24.9 Å². The number of rotatable bonds is 7. The summed E-state index contributed by atoms with van der Waals surface area (Å²) in [6.07, 6.45) is 9.26. The first-order chi connectivity index (χ1) is 12.8. The van der Waals surface area contributed by atoms with Crippen LogP contribution in [0.3, 0.4) is 0 Å². The van der Waals surface area contributed by atoms with Crippen LogP contribution in [0.15, 0.2) is 53.7 Å². The first kappa shape index (κ1) is 21.5. The molecule has 5 nitrogen and oxygen atoms in total. The van der Waals surface area contributed by atoms with Gasteiger partial charge in [0.2, 0.25) is 0 Å². The predicted molar refractivity (Wildman–Crippen MR) is 121 cm³/mol. The Morgan fingerprint density at radius 1 is 1.11 bits per heavy atom. The molecule has 0 amide bonds. The predicted octanol–water partition coefficient (Wildman–Crippen LogP) is 4.06. The van der Waals surface area contributed by atoms with Gasteiger partial charge in [-0.2, -0.15) is 0 Å². The monoisotopic (exact) mass is 480 g/mol. The molecule has 0 atom stereocenters. The smallest absolute Gasteiger partial charge is 0.188 e. The molecule has 1 saturated carbocycles. The van der Waals surface area contributed by atoms with Crippen molar-refractivity contribution in [2.75, 3.05) is 6.54 Å². The summed E-state index contributed by atoms with van der Waals surface area (Å²) in [6.45, 7) is 1.28.